The van der Waals surface area contributed by atoms with Gasteiger partial charge < -0.3 is 4.74 Å². The molecule has 0 bridgehead atoms. The van der Waals surface area contributed by atoms with Crippen LogP contribution in [0.25, 0.3) is 0 Å². The Morgan fingerprint density at radius 1 is 1.58 bits per heavy atom. The summed E-state index contributed by atoms with van der Waals surface area (Å²) in [5.74, 6) is 0.613. The second-order valence-corrected chi connectivity index (χ2v) is 2.85. The van der Waals surface area contributed by atoms with Gasteiger partial charge >= 0.3 is 0 Å². The summed E-state index contributed by atoms with van der Waals surface area (Å²) >= 11 is 5.70. The summed E-state index contributed by atoms with van der Waals surface area (Å²) in [4.78, 5) is 10.2. The Morgan fingerprint density at radius 3 is 2.92 bits per heavy atom. The summed E-state index contributed by atoms with van der Waals surface area (Å²) in [5, 5.41) is 0.602. The van der Waals surface area contributed by atoms with Gasteiger partial charge in [-0.3, -0.25) is 4.79 Å². The van der Waals surface area contributed by atoms with Crippen LogP contribution in [-0.4, -0.2) is 12.4 Å². The largest absolute Gasteiger partial charge is 0.483 e. The van der Waals surface area contributed by atoms with E-state index in [1.54, 1.807) is 31.2 Å². The molecule has 0 spiro atoms. The minimum absolute atomic E-state index is 0.427. The molecule has 0 saturated heterocycles. The number of rotatable bonds is 3. The van der Waals surface area contributed by atoms with Gasteiger partial charge in [0.15, 0.2) is 12.4 Å². The van der Waals surface area contributed by atoms with Crippen LogP contribution in [0, 0.1) is 0 Å². The first-order chi connectivity index (χ1) is 5.72. The number of hydrogen-bond donors (Lipinski definition) is 0. The Morgan fingerprint density at radius 2 is 2.33 bits per heavy atom. The zero-order valence-corrected chi connectivity index (χ0v) is 7.41. The number of ether oxygens (including phenoxy) is 1. The van der Waals surface area contributed by atoms with Gasteiger partial charge in [0.05, 0.1) is 0 Å². The lowest BCUT2D eigenvalue weighted by molar-refractivity contribution is -0.113. The number of hydrogen-bond acceptors (Lipinski definition) is 2. The maximum absolute atomic E-state index is 10.2. The third kappa shape index (κ3) is 2.55. The second kappa shape index (κ2) is 4.12. The number of halogens is 1. The lowest BCUT2D eigenvalue weighted by Crippen LogP contribution is -2.12. The quantitative estimate of drug-likeness (QED) is 0.674. The van der Waals surface area contributed by atoms with Crippen molar-refractivity contribution in [1.82, 2.24) is 0 Å². The molecule has 0 radical (unpaired) electrons. The van der Waals surface area contributed by atoms with Crippen molar-refractivity contribution in [2.75, 3.05) is 0 Å². The van der Waals surface area contributed by atoms with Crippen molar-refractivity contribution in [3.05, 3.63) is 29.3 Å². The molecule has 0 aliphatic heterocycles. The first-order valence-corrected chi connectivity index (χ1v) is 3.97. The highest BCUT2D eigenvalue weighted by Crippen LogP contribution is 2.17. The van der Waals surface area contributed by atoms with Gasteiger partial charge in [0, 0.05) is 5.02 Å². The zero-order chi connectivity index (χ0) is 8.97. The van der Waals surface area contributed by atoms with Crippen LogP contribution in [0.5, 0.6) is 5.75 Å². The highest BCUT2D eigenvalue weighted by Gasteiger charge is 2.00. The first-order valence-electron chi connectivity index (χ1n) is 3.60. The molecule has 0 aromatic heterocycles. The number of aldehydes is 1. The topological polar surface area (TPSA) is 26.3 Å². The van der Waals surface area contributed by atoms with E-state index in [2.05, 4.69) is 0 Å². The van der Waals surface area contributed by atoms with E-state index in [1.165, 1.54) is 0 Å². The van der Waals surface area contributed by atoms with Crippen LogP contribution in [-0.2, 0) is 4.79 Å². The molecule has 0 saturated carbocycles. The standard InChI is InChI=1S/C9H9ClO2/c1-7(6-11)12-9-4-2-3-8(10)5-9/h2-7H,1H3. The summed E-state index contributed by atoms with van der Waals surface area (Å²) < 4.78 is 5.19. The molecule has 0 aliphatic rings. The summed E-state index contributed by atoms with van der Waals surface area (Å²) in [5.41, 5.74) is 0. The van der Waals surface area contributed by atoms with Crippen LogP contribution >= 0.6 is 11.6 Å². The SMILES string of the molecule is CC(C=O)Oc1cccc(Cl)c1. The van der Waals surface area contributed by atoms with Gasteiger partial charge in [0.2, 0.25) is 0 Å². The molecule has 64 valence electrons. The van der Waals surface area contributed by atoms with E-state index >= 15 is 0 Å². The van der Waals surface area contributed by atoms with Gasteiger partial charge in [-0.15, -0.1) is 0 Å². The van der Waals surface area contributed by atoms with Gasteiger partial charge in [-0.2, -0.15) is 0 Å². The molecule has 0 amide bonds. The minimum atomic E-state index is -0.427. The van der Waals surface area contributed by atoms with E-state index in [9.17, 15) is 4.79 Å². The van der Waals surface area contributed by atoms with Gasteiger partial charge in [-0.25, -0.2) is 0 Å². The molecule has 0 N–H and O–H groups in total. The van der Waals surface area contributed by atoms with E-state index < -0.39 is 6.10 Å². The summed E-state index contributed by atoms with van der Waals surface area (Å²) in [6.45, 7) is 1.67. The van der Waals surface area contributed by atoms with Crippen LogP contribution in [0.15, 0.2) is 24.3 Å². The fourth-order valence-corrected chi connectivity index (χ4v) is 0.963. The van der Waals surface area contributed by atoms with Gasteiger partial charge in [0.25, 0.3) is 0 Å². The van der Waals surface area contributed by atoms with Crippen molar-refractivity contribution in [2.45, 2.75) is 13.0 Å². The maximum Gasteiger partial charge on any atom is 0.160 e. The van der Waals surface area contributed by atoms with Crippen molar-refractivity contribution in [3.63, 3.8) is 0 Å². The van der Waals surface area contributed by atoms with Crippen molar-refractivity contribution >= 4 is 17.9 Å². The summed E-state index contributed by atoms with van der Waals surface area (Å²) in [6.07, 6.45) is 0.310. The molecular weight excluding hydrogens is 176 g/mol. The molecule has 1 atom stereocenters. The molecule has 0 fully saturated rings. The van der Waals surface area contributed by atoms with E-state index in [0.29, 0.717) is 10.8 Å². The molecule has 1 unspecified atom stereocenters. The van der Waals surface area contributed by atoms with Crippen molar-refractivity contribution in [2.24, 2.45) is 0 Å². The fourth-order valence-electron chi connectivity index (χ4n) is 0.783. The van der Waals surface area contributed by atoms with E-state index in [1.807, 2.05) is 0 Å². The third-order valence-electron chi connectivity index (χ3n) is 1.31. The Hall–Kier alpha value is -1.02. The van der Waals surface area contributed by atoms with E-state index in [0.717, 1.165) is 6.29 Å². The van der Waals surface area contributed by atoms with E-state index in [4.69, 9.17) is 16.3 Å². The maximum atomic E-state index is 10.2. The summed E-state index contributed by atoms with van der Waals surface area (Å²) in [7, 11) is 0. The van der Waals surface area contributed by atoms with Gasteiger partial charge in [-0.1, -0.05) is 17.7 Å². The zero-order valence-electron chi connectivity index (χ0n) is 6.66. The van der Waals surface area contributed by atoms with Crippen molar-refractivity contribution in [3.8, 4) is 5.75 Å². The Kier molecular flexibility index (Phi) is 3.11. The van der Waals surface area contributed by atoms with Gasteiger partial charge in [-0.05, 0) is 25.1 Å². The Labute approximate surface area is 76.1 Å². The molecule has 1 aromatic carbocycles. The highest BCUT2D eigenvalue weighted by molar-refractivity contribution is 6.30. The number of carbonyl (C=O) groups excluding carboxylic acids is 1. The predicted octanol–water partition coefficient (Wildman–Crippen LogP) is 2.31. The normalized spacial score (nSPS) is 12.2. The highest BCUT2D eigenvalue weighted by atomic mass is 35.5. The number of benzene rings is 1. The average Bonchev–Trinajstić information content (AvgIpc) is 2.04. The second-order valence-electron chi connectivity index (χ2n) is 2.42. The molecule has 0 heterocycles. The Bertz CT molecular complexity index is 273. The van der Waals surface area contributed by atoms with Gasteiger partial charge in [0.1, 0.15) is 5.75 Å². The summed E-state index contributed by atoms with van der Waals surface area (Å²) in [6, 6.07) is 6.95. The lowest BCUT2D eigenvalue weighted by Gasteiger charge is -2.07. The smallest absolute Gasteiger partial charge is 0.160 e. The molecule has 2 nitrogen and oxygen atoms in total. The Balaban J connectivity index is 2.69. The van der Waals surface area contributed by atoms with Crippen LogP contribution in [0.4, 0.5) is 0 Å². The molecule has 0 aliphatic carbocycles. The molecule has 1 aromatic rings. The number of carbonyl (C=O) groups is 1. The molecule has 3 heteroatoms. The minimum Gasteiger partial charge on any atom is -0.483 e. The van der Waals surface area contributed by atoms with Crippen LogP contribution in [0.3, 0.4) is 0 Å². The van der Waals surface area contributed by atoms with Crippen molar-refractivity contribution in [1.29, 1.82) is 0 Å². The molecule has 1 rings (SSSR count). The predicted molar refractivity (Wildman–Crippen MR) is 47.6 cm³/mol. The molecular formula is C9H9ClO2. The van der Waals surface area contributed by atoms with Crippen LogP contribution in [0.2, 0.25) is 5.02 Å². The van der Waals surface area contributed by atoms with E-state index in [-0.39, 0.29) is 0 Å². The van der Waals surface area contributed by atoms with Crippen LogP contribution < -0.4 is 4.74 Å². The third-order valence-corrected chi connectivity index (χ3v) is 1.54. The average molecular weight is 185 g/mol. The monoisotopic (exact) mass is 184 g/mol. The molecule has 12 heavy (non-hydrogen) atoms. The fraction of sp³-hybridized carbons (Fsp3) is 0.222. The van der Waals surface area contributed by atoms with Crippen molar-refractivity contribution < 1.29 is 9.53 Å². The van der Waals surface area contributed by atoms with Crippen LogP contribution in [0.1, 0.15) is 6.92 Å². The first kappa shape index (κ1) is 9.07. The lowest BCUT2D eigenvalue weighted by atomic mass is 10.3.